The molecule has 2 heteroatoms. The SMILES string of the molecule is OCC1(CNC(C2CC2)C2CC2)CCCCC1. The molecule has 2 N–H and O–H groups in total. The zero-order valence-electron chi connectivity index (χ0n) is 11.0. The van der Waals surface area contributed by atoms with Crippen LogP contribution < -0.4 is 5.32 Å². The van der Waals surface area contributed by atoms with E-state index in [1.54, 1.807) is 0 Å². The number of hydrogen-bond donors (Lipinski definition) is 2. The molecule has 0 spiro atoms. The fourth-order valence-corrected chi connectivity index (χ4v) is 3.66. The molecule has 0 heterocycles. The van der Waals surface area contributed by atoms with Crippen molar-refractivity contribution in [3.05, 3.63) is 0 Å². The summed E-state index contributed by atoms with van der Waals surface area (Å²) in [7, 11) is 0. The number of aliphatic hydroxyl groups is 1. The standard InChI is InChI=1S/C15H27NO/c17-11-15(8-2-1-3-9-15)10-16-14(12-4-5-12)13-6-7-13/h12-14,16-17H,1-11H2. The molecule has 0 bridgehead atoms. The first-order valence-electron chi connectivity index (χ1n) is 7.67. The maximum atomic E-state index is 9.72. The van der Waals surface area contributed by atoms with Gasteiger partial charge in [-0.05, 0) is 50.4 Å². The largest absolute Gasteiger partial charge is 0.396 e. The average Bonchev–Trinajstić information content (AvgIpc) is 3.24. The minimum atomic E-state index is 0.223. The van der Waals surface area contributed by atoms with Crippen LogP contribution in [0.25, 0.3) is 0 Å². The number of nitrogens with one attached hydrogen (secondary N) is 1. The first kappa shape index (κ1) is 12.0. The average molecular weight is 237 g/mol. The van der Waals surface area contributed by atoms with Gasteiger partial charge in [0.25, 0.3) is 0 Å². The van der Waals surface area contributed by atoms with E-state index in [0.717, 1.165) is 24.4 Å². The molecule has 3 saturated carbocycles. The zero-order chi connectivity index (χ0) is 11.7. The predicted molar refractivity (Wildman–Crippen MR) is 69.8 cm³/mol. The third-order valence-corrected chi connectivity index (χ3v) is 5.22. The molecule has 0 saturated heterocycles. The van der Waals surface area contributed by atoms with Crippen LogP contribution in [0.15, 0.2) is 0 Å². The fourth-order valence-electron chi connectivity index (χ4n) is 3.66. The molecule has 0 aromatic carbocycles. The predicted octanol–water partition coefficient (Wildman–Crippen LogP) is 2.71. The Morgan fingerprint density at radius 3 is 2.06 bits per heavy atom. The lowest BCUT2D eigenvalue weighted by Crippen LogP contribution is -2.44. The highest BCUT2D eigenvalue weighted by Gasteiger charge is 2.42. The Morgan fingerprint density at radius 2 is 1.59 bits per heavy atom. The molecule has 17 heavy (non-hydrogen) atoms. The van der Waals surface area contributed by atoms with Crippen LogP contribution in [-0.4, -0.2) is 24.3 Å². The maximum Gasteiger partial charge on any atom is 0.0499 e. The summed E-state index contributed by atoms with van der Waals surface area (Å²) in [5, 5.41) is 13.6. The van der Waals surface area contributed by atoms with Gasteiger partial charge in [0, 0.05) is 24.6 Å². The molecule has 3 aliphatic carbocycles. The van der Waals surface area contributed by atoms with Crippen LogP contribution in [0.3, 0.4) is 0 Å². The Kier molecular flexibility index (Phi) is 3.45. The van der Waals surface area contributed by atoms with E-state index in [0.29, 0.717) is 6.61 Å². The van der Waals surface area contributed by atoms with Gasteiger partial charge < -0.3 is 10.4 Å². The number of aliphatic hydroxyl groups excluding tert-OH is 1. The summed E-state index contributed by atoms with van der Waals surface area (Å²) in [6.45, 7) is 1.46. The van der Waals surface area contributed by atoms with Gasteiger partial charge in [0.2, 0.25) is 0 Å². The molecule has 3 rings (SSSR count). The van der Waals surface area contributed by atoms with E-state index in [2.05, 4.69) is 5.32 Å². The van der Waals surface area contributed by atoms with E-state index in [1.165, 1.54) is 57.8 Å². The second-order valence-corrected chi connectivity index (χ2v) is 6.80. The highest BCUT2D eigenvalue weighted by molar-refractivity contribution is 4.97. The van der Waals surface area contributed by atoms with Gasteiger partial charge in [-0.15, -0.1) is 0 Å². The van der Waals surface area contributed by atoms with Crippen LogP contribution in [0.1, 0.15) is 57.8 Å². The van der Waals surface area contributed by atoms with Gasteiger partial charge in [0.1, 0.15) is 0 Å². The van der Waals surface area contributed by atoms with E-state index >= 15 is 0 Å². The van der Waals surface area contributed by atoms with Crippen molar-refractivity contribution in [1.82, 2.24) is 5.32 Å². The number of hydrogen-bond acceptors (Lipinski definition) is 2. The van der Waals surface area contributed by atoms with Crippen molar-refractivity contribution in [3.63, 3.8) is 0 Å². The van der Waals surface area contributed by atoms with Crippen molar-refractivity contribution in [2.45, 2.75) is 63.8 Å². The first-order valence-corrected chi connectivity index (χ1v) is 7.67. The molecule has 0 unspecified atom stereocenters. The smallest absolute Gasteiger partial charge is 0.0499 e. The van der Waals surface area contributed by atoms with Crippen LogP contribution >= 0.6 is 0 Å². The molecular weight excluding hydrogens is 210 g/mol. The van der Waals surface area contributed by atoms with Gasteiger partial charge in [-0.2, -0.15) is 0 Å². The lowest BCUT2D eigenvalue weighted by Gasteiger charge is -2.37. The van der Waals surface area contributed by atoms with Crippen LogP contribution in [0, 0.1) is 17.3 Å². The molecule has 0 radical (unpaired) electrons. The van der Waals surface area contributed by atoms with Gasteiger partial charge in [0.05, 0.1) is 0 Å². The van der Waals surface area contributed by atoms with E-state index in [1.807, 2.05) is 0 Å². The molecule has 0 aliphatic heterocycles. The monoisotopic (exact) mass is 237 g/mol. The summed E-state index contributed by atoms with van der Waals surface area (Å²) < 4.78 is 0. The molecule has 2 nitrogen and oxygen atoms in total. The zero-order valence-corrected chi connectivity index (χ0v) is 11.0. The second kappa shape index (κ2) is 4.89. The quantitative estimate of drug-likeness (QED) is 0.744. The van der Waals surface area contributed by atoms with Crippen molar-refractivity contribution >= 4 is 0 Å². The van der Waals surface area contributed by atoms with Gasteiger partial charge in [-0.3, -0.25) is 0 Å². The second-order valence-electron chi connectivity index (χ2n) is 6.80. The summed E-state index contributed by atoms with van der Waals surface area (Å²) in [6.07, 6.45) is 12.3. The Bertz CT molecular complexity index is 240. The summed E-state index contributed by atoms with van der Waals surface area (Å²) in [5.74, 6) is 1.95. The minimum absolute atomic E-state index is 0.223. The molecular formula is C15H27NO. The van der Waals surface area contributed by atoms with Gasteiger partial charge in [-0.25, -0.2) is 0 Å². The van der Waals surface area contributed by atoms with E-state index in [-0.39, 0.29) is 5.41 Å². The maximum absolute atomic E-state index is 9.72. The van der Waals surface area contributed by atoms with E-state index in [9.17, 15) is 5.11 Å². The Morgan fingerprint density at radius 1 is 1.00 bits per heavy atom. The lowest BCUT2D eigenvalue weighted by atomic mass is 9.74. The van der Waals surface area contributed by atoms with Crippen molar-refractivity contribution in [2.24, 2.45) is 17.3 Å². The summed E-state index contributed by atoms with van der Waals surface area (Å²) in [5.41, 5.74) is 0.223. The third-order valence-electron chi connectivity index (χ3n) is 5.22. The van der Waals surface area contributed by atoms with Crippen molar-refractivity contribution in [3.8, 4) is 0 Å². The molecule has 0 aromatic rings. The summed E-state index contributed by atoms with van der Waals surface area (Å²) in [6, 6.07) is 0.792. The molecule has 98 valence electrons. The minimum Gasteiger partial charge on any atom is -0.396 e. The van der Waals surface area contributed by atoms with Crippen LogP contribution in [-0.2, 0) is 0 Å². The van der Waals surface area contributed by atoms with Gasteiger partial charge in [-0.1, -0.05) is 19.3 Å². The Hall–Kier alpha value is -0.0800. The van der Waals surface area contributed by atoms with Crippen molar-refractivity contribution < 1.29 is 5.11 Å². The first-order chi connectivity index (χ1) is 8.33. The van der Waals surface area contributed by atoms with Crippen molar-refractivity contribution in [2.75, 3.05) is 13.2 Å². The van der Waals surface area contributed by atoms with E-state index in [4.69, 9.17) is 0 Å². The van der Waals surface area contributed by atoms with Crippen LogP contribution in [0.5, 0.6) is 0 Å². The van der Waals surface area contributed by atoms with Crippen LogP contribution in [0.4, 0.5) is 0 Å². The molecule has 0 amide bonds. The van der Waals surface area contributed by atoms with E-state index < -0.39 is 0 Å². The van der Waals surface area contributed by atoms with Gasteiger partial charge in [0.15, 0.2) is 0 Å². The lowest BCUT2D eigenvalue weighted by molar-refractivity contribution is 0.0764. The van der Waals surface area contributed by atoms with Crippen LogP contribution in [0.2, 0.25) is 0 Å². The Balaban J connectivity index is 1.53. The molecule has 0 atom stereocenters. The highest BCUT2D eigenvalue weighted by Crippen LogP contribution is 2.45. The normalized spacial score (nSPS) is 28.6. The molecule has 3 aliphatic rings. The number of rotatable bonds is 6. The fraction of sp³-hybridized carbons (Fsp3) is 1.00. The topological polar surface area (TPSA) is 32.3 Å². The highest BCUT2D eigenvalue weighted by atomic mass is 16.3. The Labute approximate surface area is 105 Å². The van der Waals surface area contributed by atoms with Crippen molar-refractivity contribution in [1.29, 1.82) is 0 Å². The summed E-state index contributed by atoms with van der Waals surface area (Å²) in [4.78, 5) is 0. The van der Waals surface area contributed by atoms with Gasteiger partial charge >= 0.3 is 0 Å². The third kappa shape index (κ3) is 2.85. The summed E-state index contributed by atoms with van der Waals surface area (Å²) >= 11 is 0. The molecule has 0 aromatic heterocycles. The molecule has 3 fully saturated rings.